The Hall–Kier alpha value is -4.47. The molecule has 0 radical (unpaired) electrons. The van der Waals surface area contributed by atoms with Gasteiger partial charge in [0.15, 0.2) is 0 Å². The number of ether oxygens (including phenoxy) is 2. The van der Waals surface area contributed by atoms with Gasteiger partial charge in [0.1, 0.15) is 22.3 Å². The number of thioether (sulfide) groups is 1. The molecule has 0 saturated carbocycles. The first-order chi connectivity index (χ1) is 19.3. The number of halogens is 1. The summed E-state index contributed by atoms with van der Waals surface area (Å²) < 4.78 is 10.6. The first-order valence-corrected chi connectivity index (χ1v) is 13.2. The zero-order chi connectivity index (χ0) is 28.6. The minimum absolute atomic E-state index is 0.00647. The summed E-state index contributed by atoms with van der Waals surface area (Å²) in [7, 11) is 2.96. The number of hydrogen-bond donors (Lipinski definition) is 3. The monoisotopic (exact) mass is 576 g/mol. The van der Waals surface area contributed by atoms with Gasteiger partial charge in [0.25, 0.3) is 5.91 Å². The molecule has 0 heterocycles. The minimum atomic E-state index is -1.13. The Morgan fingerprint density at radius 1 is 0.825 bits per heavy atom. The lowest BCUT2D eigenvalue weighted by Crippen LogP contribution is -2.19. The van der Waals surface area contributed by atoms with Crippen molar-refractivity contribution in [1.82, 2.24) is 0 Å². The second-order valence-corrected chi connectivity index (χ2v) is 10.00. The molecule has 4 aromatic carbocycles. The number of aromatic carboxylic acids is 1. The van der Waals surface area contributed by atoms with Crippen molar-refractivity contribution in [3.8, 4) is 11.5 Å². The molecule has 0 spiro atoms. The number of anilines is 2. The maximum atomic E-state index is 13.4. The van der Waals surface area contributed by atoms with Crippen LogP contribution in [0.15, 0.2) is 95.9 Å². The van der Waals surface area contributed by atoms with Gasteiger partial charge in [-0.3, -0.25) is 9.59 Å². The average Bonchev–Trinajstić information content (AvgIpc) is 2.97. The molecule has 0 fully saturated rings. The van der Waals surface area contributed by atoms with Crippen molar-refractivity contribution in [3.05, 3.63) is 113 Å². The zero-order valence-electron chi connectivity index (χ0n) is 21.5. The van der Waals surface area contributed by atoms with Crippen LogP contribution in [0.4, 0.5) is 11.4 Å². The first-order valence-electron chi connectivity index (χ1n) is 12.0. The van der Waals surface area contributed by atoms with Gasteiger partial charge in [-0.1, -0.05) is 48.0 Å². The predicted molar refractivity (Wildman–Crippen MR) is 156 cm³/mol. The van der Waals surface area contributed by atoms with Gasteiger partial charge in [-0.2, -0.15) is 0 Å². The van der Waals surface area contributed by atoms with E-state index < -0.39 is 17.1 Å². The molecule has 4 rings (SSSR count). The molecule has 1 unspecified atom stereocenters. The predicted octanol–water partition coefficient (Wildman–Crippen LogP) is 6.78. The molecule has 0 aromatic heterocycles. The van der Waals surface area contributed by atoms with E-state index in [4.69, 9.17) is 21.1 Å². The summed E-state index contributed by atoms with van der Waals surface area (Å²) in [5, 5.41) is 14.5. The molecule has 0 aliphatic rings. The van der Waals surface area contributed by atoms with E-state index in [0.717, 1.165) is 10.5 Å². The molecule has 0 bridgehead atoms. The summed E-state index contributed by atoms with van der Waals surface area (Å²) in [5.74, 6) is -1.13. The fraction of sp³-hybridized carbons (Fsp3) is 0.100. The topological polar surface area (TPSA) is 114 Å². The zero-order valence-corrected chi connectivity index (χ0v) is 23.1. The Morgan fingerprint density at radius 3 is 2.08 bits per heavy atom. The molecule has 2 amide bonds. The molecule has 3 N–H and O–H groups in total. The van der Waals surface area contributed by atoms with Crippen LogP contribution in [0.2, 0.25) is 5.02 Å². The maximum Gasteiger partial charge on any atom is 0.335 e. The SMILES string of the molecule is COc1cccc(OC)c1C(=O)Nc1ccc(SC(C(=O)Nc2cc(C(=O)O)ccc2Cl)c2ccccc2)cc1. The molecule has 0 aliphatic carbocycles. The molecule has 0 aliphatic heterocycles. The van der Waals surface area contributed by atoms with Crippen molar-refractivity contribution >= 4 is 52.5 Å². The van der Waals surface area contributed by atoms with Crippen LogP contribution in [0.1, 0.15) is 31.5 Å². The van der Waals surface area contributed by atoms with Crippen LogP contribution < -0.4 is 20.1 Å². The van der Waals surface area contributed by atoms with E-state index in [-0.39, 0.29) is 27.7 Å². The van der Waals surface area contributed by atoms with Crippen LogP contribution in [0.25, 0.3) is 0 Å². The van der Waals surface area contributed by atoms with Crippen LogP contribution in [-0.2, 0) is 4.79 Å². The normalized spacial score (nSPS) is 11.3. The molecule has 10 heteroatoms. The number of hydrogen-bond acceptors (Lipinski definition) is 6. The number of carboxylic acid groups (broad SMARTS) is 1. The Morgan fingerprint density at radius 2 is 1.48 bits per heavy atom. The van der Waals surface area contributed by atoms with Crippen molar-refractivity contribution in [1.29, 1.82) is 0 Å². The third-order valence-corrected chi connectivity index (χ3v) is 7.43. The standard InChI is InChI=1S/C30H25ClN2O6S/c1-38-24-9-6-10-25(39-2)26(24)28(34)32-20-12-14-21(15-13-20)40-27(18-7-4-3-5-8-18)29(35)33-23-17-19(30(36)37)11-16-22(23)31/h3-17,27H,1-2H3,(H,32,34)(H,33,35)(H,36,37). The molecule has 0 saturated heterocycles. The smallest absolute Gasteiger partial charge is 0.335 e. The molecule has 8 nitrogen and oxygen atoms in total. The van der Waals surface area contributed by atoms with Gasteiger partial charge in [0, 0.05) is 10.6 Å². The highest BCUT2D eigenvalue weighted by Gasteiger charge is 2.24. The highest BCUT2D eigenvalue weighted by Crippen LogP contribution is 2.38. The Bertz CT molecular complexity index is 1510. The van der Waals surface area contributed by atoms with Gasteiger partial charge in [-0.15, -0.1) is 11.8 Å². The molecule has 1 atom stereocenters. The van der Waals surface area contributed by atoms with Gasteiger partial charge in [0.2, 0.25) is 5.91 Å². The molecular weight excluding hydrogens is 552 g/mol. The fourth-order valence-electron chi connectivity index (χ4n) is 3.87. The van der Waals surface area contributed by atoms with Gasteiger partial charge < -0.3 is 25.2 Å². The second kappa shape index (κ2) is 13.1. The molecule has 40 heavy (non-hydrogen) atoms. The van der Waals surface area contributed by atoms with Crippen molar-refractivity contribution in [2.45, 2.75) is 10.1 Å². The van der Waals surface area contributed by atoms with Gasteiger partial charge >= 0.3 is 5.97 Å². The highest BCUT2D eigenvalue weighted by molar-refractivity contribution is 8.00. The van der Waals surface area contributed by atoms with E-state index >= 15 is 0 Å². The Kier molecular flexibility index (Phi) is 9.31. The summed E-state index contributed by atoms with van der Waals surface area (Å²) >= 11 is 7.53. The van der Waals surface area contributed by atoms with Crippen molar-refractivity contribution in [3.63, 3.8) is 0 Å². The molecule has 204 valence electrons. The third-order valence-electron chi connectivity index (χ3n) is 5.83. The summed E-state index contributed by atoms with van der Waals surface area (Å²) in [5.41, 5.74) is 1.78. The number of benzene rings is 4. The largest absolute Gasteiger partial charge is 0.496 e. The van der Waals surface area contributed by atoms with Crippen LogP contribution in [0.3, 0.4) is 0 Å². The number of carbonyl (C=O) groups excluding carboxylic acids is 2. The third kappa shape index (κ3) is 6.74. The van der Waals surface area contributed by atoms with Gasteiger partial charge in [0.05, 0.1) is 30.5 Å². The number of rotatable bonds is 10. The molecular formula is C30H25ClN2O6S. The lowest BCUT2D eigenvalue weighted by molar-refractivity contribution is -0.115. The van der Waals surface area contributed by atoms with E-state index in [0.29, 0.717) is 17.2 Å². The number of carboxylic acids is 1. The lowest BCUT2D eigenvalue weighted by Gasteiger charge is -2.18. The number of amides is 2. The summed E-state index contributed by atoms with van der Waals surface area (Å²) in [6, 6.07) is 25.4. The number of carbonyl (C=O) groups is 3. The maximum absolute atomic E-state index is 13.4. The van der Waals surface area contributed by atoms with E-state index in [9.17, 15) is 19.5 Å². The van der Waals surface area contributed by atoms with Gasteiger partial charge in [-0.05, 0) is 60.2 Å². The first kappa shape index (κ1) is 28.5. The summed E-state index contributed by atoms with van der Waals surface area (Å²) in [4.78, 5) is 38.6. The van der Waals surface area contributed by atoms with Crippen molar-refractivity contribution in [2.75, 3.05) is 24.9 Å². The quantitative estimate of drug-likeness (QED) is 0.178. The second-order valence-electron chi connectivity index (χ2n) is 8.41. The Balaban J connectivity index is 1.54. The van der Waals surface area contributed by atoms with Crippen LogP contribution >= 0.6 is 23.4 Å². The minimum Gasteiger partial charge on any atom is -0.496 e. The average molecular weight is 577 g/mol. The van der Waals surface area contributed by atoms with Crippen molar-refractivity contribution in [2.24, 2.45) is 0 Å². The van der Waals surface area contributed by atoms with Crippen LogP contribution in [0.5, 0.6) is 11.5 Å². The lowest BCUT2D eigenvalue weighted by atomic mass is 10.1. The summed E-state index contributed by atoms with van der Waals surface area (Å²) in [6.07, 6.45) is 0. The number of nitrogens with one attached hydrogen (secondary N) is 2. The van der Waals surface area contributed by atoms with E-state index in [2.05, 4.69) is 10.6 Å². The van der Waals surface area contributed by atoms with Crippen LogP contribution in [-0.4, -0.2) is 37.1 Å². The fourth-order valence-corrected chi connectivity index (χ4v) is 5.06. The summed E-state index contributed by atoms with van der Waals surface area (Å²) in [6.45, 7) is 0. The highest BCUT2D eigenvalue weighted by atomic mass is 35.5. The van der Waals surface area contributed by atoms with E-state index in [1.165, 1.54) is 44.2 Å². The van der Waals surface area contributed by atoms with Gasteiger partial charge in [-0.25, -0.2) is 4.79 Å². The van der Waals surface area contributed by atoms with E-state index in [1.807, 2.05) is 30.3 Å². The molecule has 4 aromatic rings. The van der Waals surface area contributed by atoms with Crippen LogP contribution in [0, 0.1) is 0 Å². The van der Waals surface area contributed by atoms with Crippen molar-refractivity contribution < 1.29 is 29.0 Å². The number of methoxy groups -OCH3 is 2. The Labute approximate surface area is 240 Å². The van der Waals surface area contributed by atoms with E-state index in [1.54, 1.807) is 42.5 Å².